The van der Waals surface area contributed by atoms with Gasteiger partial charge >= 0.3 is 0 Å². The average molecular weight is 592 g/mol. The van der Waals surface area contributed by atoms with E-state index in [0.29, 0.717) is 18.5 Å². The number of hydrogen-bond donors (Lipinski definition) is 1. The van der Waals surface area contributed by atoms with E-state index in [2.05, 4.69) is 19.2 Å². The van der Waals surface area contributed by atoms with Gasteiger partial charge in [0.1, 0.15) is 12.6 Å². The molecule has 0 saturated carbocycles. The molecule has 0 fully saturated rings. The smallest absolute Gasteiger partial charge is 0.264 e. The van der Waals surface area contributed by atoms with Crippen LogP contribution in [-0.2, 0) is 26.0 Å². The first-order valence-corrected chi connectivity index (χ1v) is 16.2. The summed E-state index contributed by atoms with van der Waals surface area (Å²) < 4.78 is 29.2. The van der Waals surface area contributed by atoms with Crippen molar-refractivity contribution >= 4 is 27.5 Å². The number of carbonyl (C=O) groups is 2. The van der Waals surface area contributed by atoms with Gasteiger partial charge in [-0.1, -0.05) is 87.9 Å². The summed E-state index contributed by atoms with van der Waals surface area (Å²) >= 11 is 0. The molecule has 7 nitrogen and oxygen atoms in total. The van der Waals surface area contributed by atoms with Crippen molar-refractivity contribution in [2.45, 2.75) is 83.7 Å². The van der Waals surface area contributed by atoms with Crippen molar-refractivity contribution in [3.05, 3.63) is 95.6 Å². The first-order chi connectivity index (χ1) is 20.0. The van der Waals surface area contributed by atoms with Crippen molar-refractivity contribution in [1.82, 2.24) is 10.2 Å². The molecule has 42 heavy (non-hydrogen) atoms. The molecule has 0 aromatic heterocycles. The summed E-state index contributed by atoms with van der Waals surface area (Å²) in [7, 11) is -4.09. The van der Waals surface area contributed by atoms with Gasteiger partial charge in [-0.3, -0.25) is 13.9 Å². The van der Waals surface area contributed by atoms with Gasteiger partial charge in [0.2, 0.25) is 11.8 Å². The van der Waals surface area contributed by atoms with Gasteiger partial charge in [-0.05, 0) is 74.4 Å². The molecule has 3 rings (SSSR count). The highest BCUT2D eigenvalue weighted by atomic mass is 32.2. The van der Waals surface area contributed by atoms with Gasteiger partial charge in [-0.15, -0.1) is 0 Å². The zero-order chi connectivity index (χ0) is 30.9. The predicted molar refractivity (Wildman–Crippen MR) is 170 cm³/mol. The Labute approximate surface area is 252 Å². The zero-order valence-electron chi connectivity index (χ0n) is 25.7. The van der Waals surface area contributed by atoms with Crippen LogP contribution in [0.3, 0.4) is 0 Å². The van der Waals surface area contributed by atoms with Gasteiger partial charge in [-0.25, -0.2) is 8.42 Å². The standard InChI is InChI=1S/C34H45N3O4S/c1-7-27(6)35-34(39)32(8-2)36(23-22-28-12-10-9-11-13-28)33(38)24-37(30-18-16-29(17-19-30)25(3)4)42(40,41)31-20-14-26(5)15-21-31/h9-21,25,27,32H,7-8,22-24H2,1-6H3,(H,35,39)/t27-,32+/m1/s1. The van der Waals surface area contributed by atoms with E-state index in [1.165, 1.54) is 4.31 Å². The van der Waals surface area contributed by atoms with Crippen molar-refractivity contribution in [2.75, 3.05) is 17.4 Å². The predicted octanol–water partition coefficient (Wildman–Crippen LogP) is 6.08. The fourth-order valence-electron chi connectivity index (χ4n) is 4.73. The first-order valence-electron chi connectivity index (χ1n) is 14.8. The number of anilines is 1. The molecule has 226 valence electrons. The van der Waals surface area contributed by atoms with Crippen LogP contribution in [0.2, 0.25) is 0 Å². The van der Waals surface area contributed by atoms with Crippen LogP contribution in [0.25, 0.3) is 0 Å². The third kappa shape index (κ3) is 8.44. The Morgan fingerprint density at radius 3 is 2.00 bits per heavy atom. The highest BCUT2D eigenvalue weighted by Crippen LogP contribution is 2.27. The summed E-state index contributed by atoms with van der Waals surface area (Å²) in [6.07, 6.45) is 1.69. The molecule has 1 N–H and O–H groups in total. The van der Waals surface area contributed by atoms with Crippen LogP contribution in [0.4, 0.5) is 5.69 Å². The number of rotatable bonds is 14. The molecule has 0 heterocycles. The maximum absolute atomic E-state index is 14.2. The van der Waals surface area contributed by atoms with E-state index in [0.717, 1.165) is 23.1 Å². The normalized spacial score (nSPS) is 12.9. The lowest BCUT2D eigenvalue weighted by molar-refractivity contribution is -0.139. The van der Waals surface area contributed by atoms with Crippen molar-refractivity contribution < 1.29 is 18.0 Å². The Bertz CT molecular complexity index is 1410. The second-order valence-corrected chi connectivity index (χ2v) is 13.0. The fraction of sp³-hybridized carbons (Fsp3) is 0.412. The van der Waals surface area contributed by atoms with Crippen molar-refractivity contribution in [3.8, 4) is 0 Å². The van der Waals surface area contributed by atoms with E-state index in [4.69, 9.17) is 0 Å². The first kappa shape index (κ1) is 32.9. The minimum Gasteiger partial charge on any atom is -0.352 e. The molecule has 2 amide bonds. The monoisotopic (exact) mass is 591 g/mol. The summed E-state index contributed by atoms with van der Waals surface area (Å²) in [6, 6.07) is 22.9. The number of carbonyl (C=O) groups excluding carboxylic acids is 2. The van der Waals surface area contributed by atoms with Gasteiger partial charge in [0, 0.05) is 12.6 Å². The van der Waals surface area contributed by atoms with Crippen LogP contribution in [0, 0.1) is 6.92 Å². The number of aryl methyl sites for hydroxylation is 1. The molecular weight excluding hydrogens is 546 g/mol. The number of hydrogen-bond acceptors (Lipinski definition) is 4. The summed E-state index contributed by atoms with van der Waals surface area (Å²) in [6.45, 7) is 11.7. The molecule has 8 heteroatoms. The molecule has 0 aliphatic rings. The molecule has 0 spiro atoms. The number of nitrogens with zero attached hydrogens (tertiary/aromatic N) is 2. The Balaban J connectivity index is 2.02. The van der Waals surface area contributed by atoms with E-state index in [1.54, 1.807) is 41.3 Å². The van der Waals surface area contributed by atoms with E-state index in [9.17, 15) is 18.0 Å². The topological polar surface area (TPSA) is 86.8 Å². The summed E-state index contributed by atoms with van der Waals surface area (Å²) in [5, 5.41) is 3.01. The fourth-order valence-corrected chi connectivity index (χ4v) is 6.14. The Kier molecular flexibility index (Phi) is 11.7. The van der Waals surface area contributed by atoms with Crippen molar-refractivity contribution in [3.63, 3.8) is 0 Å². The molecule has 0 unspecified atom stereocenters. The molecule has 3 aromatic carbocycles. The van der Waals surface area contributed by atoms with Crippen LogP contribution in [0.1, 0.15) is 70.1 Å². The zero-order valence-corrected chi connectivity index (χ0v) is 26.5. The third-order valence-corrected chi connectivity index (χ3v) is 9.39. The molecule has 0 bridgehead atoms. The summed E-state index contributed by atoms with van der Waals surface area (Å²) in [4.78, 5) is 29.2. The SMILES string of the molecule is CC[C@@H](C)NC(=O)[C@H](CC)N(CCc1ccccc1)C(=O)CN(c1ccc(C(C)C)cc1)S(=O)(=O)c1ccc(C)cc1. The Morgan fingerprint density at radius 2 is 1.45 bits per heavy atom. The quantitative estimate of drug-likeness (QED) is 0.246. The lowest BCUT2D eigenvalue weighted by atomic mass is 10.0. The molecular formula is C34H45N3O4S. The largest absolute Gasteiger partial charge is 0.352 e. The molecule has 3 aromatic rings. The van der Waals surface area contributed by atoms with Gasteiger partial charge in [0.25, 0.3) is 10.0 Å². The minimum absolute atomic E-state index is 0.0458. The molecule has 0 saturated heterocycles. The summed E-state index contributed by atoms with van der Waals surface area (Å²) in [5.41, 5.74) is 3.42. The van der Waals surface area contributed by atoms with E-state index in [-0.39, 0.29) is 29.3 Å². The van der Waals surface area contributed by atoms with Gasteiger partial charge in [-0.2, -0.15) is 0 Å². The molecule has 0 aliphatic carbocycles. The lowest BCUT2D eigenvalue weighted by Gasteiger charge is -2.33. The van der Waals surface area contributed by atoms with Gasteiger partial charge in [0.15, 0.2) is 0 Å². The van der Waals surface area contributed by atoms with Gasteiger partial charge < -0.3 is 10.2 Å². The highest BCUT2D eigenvalue weighted by molar-refractivity contribution is 7.92. The van der Waals surface area contributed by atoms with Crippen molar-refractivity contribution in [2.24, 2.45) is 0 Å². The maximum Gasteiger partial charge on any atom is 0.264 e. The Morgan fingerprint density at radius 1 is 0.833 bits per heavy atom. The van der Waals surface area contributed by atoms with Crippen LogP contribution in [0.5, 0.6) is 0 Å². The lowest BCUT2D eigenvalue weighted by Crippen LogP contribution is -2.54. The summed E-state index contributed by atoms with van der Waals surface area (Å²) in [5.74, 6) is -0.395. The van der Waals surface area contributed by atoms with E-state index < -0.39 is 28.5 Å². The van der Waals surface area contributed by atoms with Crippen LogP contribution < -0.4 is 9.62 Å². The van der Waals surface area contributed by atoms with Crippen LogP contribution in [-0.4, -0.2) is 50.3 Å². The average Bonchev–Trinajstić information content (AvgIpc) is 2.98. The van der Waals surface area contributed by atoms with E-state index >= 15 is 0 Å². The minimum atomic E-state index is -4.09. The molecule has 2 atom stereocenters. The number of amides is 2. The van der Waals surface area contributed by atoms with Crippen LogP contribution >= 0.6 is 0 Å². The number of sulfonamides is 1. The third-order valence-electron chi connectivity index (χ3n) is 7.61. The van der Waals surface area contributed by atoms with Crippen LogP contribution in [0.15, 0.2) is 83.8 Å². The molecule has 0 aliphatic heterocycles. The Hall–Kier alpha value is -3.65. The second kappa shape index (κ2) is 15.0. The van der Waals surface area contributed by atoms with Crippen molar-refractivity contribution in [1.29, 1.82) is 0 Å². The van der Waals surface area contributed by atoms with Gasteiger partial charge in [0.05, 0.1) is 10.6 Å². The number of benzene rings is 3. The molecule has 0 radical (unpaired) electrons. The second-order valence-electron chi connectivity index (χ2n) is 11.1. The maximum atomic E-state index is 14.2. The number of nitrogens with one attached hydrogen (secondary N) is 1. The van der Waals surface area contributed by atoms with E-state index in [1.807, 2.05) is 70.2 Å². The highest BCUT2D eigenvalue weighted by Gasteiger charge is 2.33.